The average Bonchev–Trinajstić information content (AvgIpc) is 2.68. The van der Waals surface area contributed by atoms with Gasteiger partial charge in [0.1, 0.15) is 0 Å². The van der Waals surface area contributed by atoms with Gasteiger partial charge in [-0.3, -0.25) is 0 Å². The number of hydrogen-bond donors (Lipinski definition) is 1. The molecule has 0 saturated carbocycles. The molecule has 1 fully saturated rings. The van der Waals surface area contributed by atoms with Crippen LogP contribution in [0.25, 0.3) is 0 Å². The van der Waals surface area contributed by atoms with E-state index in [0.29, 0.717) is 5.56 Å². The minimum absolute atomic E-state index is 0.702. The van der Waals surface area contributed by atoms with Crippen molar-refractivity contribution in [2.75, 3.05) is 44.2 Å². The molecule has 134 valence electrons. The first-order chi connectivity index (χ1) is 12.7. The molecule has 4 rings (SSSR count). The van der Waals surface area contributed by atoms with Crippen LogP contribution in [-0.2, 0) is 0 Å². The Kier molecular flexibility index (Phi) is 5.14. The van der Waals surface area contributed by atoms with Crippen LogP contribution in [0.2, 0.25) is 0 Å². The van der Waals surface area contributed by atoms with E-state index < -0.39 is 0 Å². The lowest BCUT2D eigenvalue weighted by atomic mass is 10.1. The highest BCUT2D eigenvalue weighted by Crippen LogP contribution is 2.48. The maximum Gasteiger partial charge on any atom is 0.0992 e. The summed E-state index contributed by atoms with van der Waals surface area (Å²) in [6.45, 7) is 5.21. The highest BCUT2D eigenvalue weighted by molar-refractivity contribution is 7.99. The second kappa shape index (κ2) is 7.68. The minimum Gasteiger partial charge on any atom is -0.340 e. The first-order valence-corrected chi connectivity index (χ1v) is 9.81. The fraction of sp³-hybridized carbons (Fsp3) is 0.350. The molecule has 26 heavy (non-hydrogen) atoms. The van der Waals surface area contributed by atoms with Crippen molar-refractivity contribution in [1.29, 1.82) is 5.26 Å². The summed E-state index contributed by atoms with van der Waals surface area (Å²) in [6.07, 6.45) is 1.04. The van der Waals surface area contributed by atoms with Crippen molar-refractivity contribution in [3.63, 3.8) is 0 Å². The zero-order valence-electron chi connectivity index (χ0n) is 14.6. The monoisotopic (exact) mass is 366 g/mol. The van der Waals surface area contributed by atoms with Crippen LogP contribution in [0.5, 0.6) is 0 Å². The Hall–Kier alpha value is -2.04. The van der Waals surface area contributed by atoms with Crippen molar-refractivity contribution in [3.8, 4) is 6.07 Å². The van der Waals surface area contributed by atoms with E-state index in [0.717, 1.165) is 51.4 Å². The number of rotatable bonds is 4. The van der Waals surface area contributed by atoms with Crippen LogP contribution >= 0.6 is 11.8 Å². The van der Waals surface area contributed by atoms with E-state index in [2.05, 4.69) is 46.2 Å². The number of fused-ring (bicyclic) bond motifs is 2. The number of hydroxylamine groups is 2. The molecule has 0 aromatic heterocycles. The summed E-state index contributed by atoms with van der Waals surface area (Å²) < 4.78 is 0. The van der Waals surface area contributed by atoms with Gasteiger partial charge in [0.05, 0.1) is 23.0 Å². The van der Waals surface area contributed by atoms with Crippen LogP contribution in [0, 0.1) is 11.3 Å². The first kappa shape index (κ1) is 17.4. The van der Waals surface area contributed by atoms with Crippen LogP contribution in [0.1, 0.15) is 12.0 Å². The fourth-order valence-electron chi connectivity index (χ4n) is 3.55. The highest BCUT2D eigenvalue weighted by atomic mass is 32.2. The molecule has 6 heteroatoms. The lowest BCUT2D eigenvalue weighted by molar-refractivity contribution is -0.117. The number of anilines is 2. The molecule has 1 N–H and O–H groups in total. The molecule has 2 heterocycles. The van der Waals surface area contributed by atoms with E-state index >= 15 is 0 Å². The van der Waals surface area contributed by atoms with Gasteiger partial charge in [0.25, 0.3) is 0 Å². The van der Waals surface area contributed by atoms with Crippen molar-refractivity contribution in [1.82, 2.24) is 9.96 Å². The van der Waals surface area contributed by atoms with E-state index in [-0.39, 0.29) is 0 Å². The average molecular weight is 366 g/mol. The molecule has 0 radical (unpaired) electrons. The smallest absolute Gasteiger partial charge is 0.0992 e. The molecule has 2 aromatic rings. The standard InChI is InChI=1S/C20H22N4OS/c21-15-16-6-7-20-18(14-16)24(17-4-1-2-5-19(17)26-20)9-3-8-22-10-12-23(25)13-11-22/h1-2,4-7,14,25H,3,8-13H2. The van der Waals surface area contributed by atoms with E-state index in [1.54, 1.807) is 11.8 Å². The van der Waals surface area contributed by atoms with Gasteiger partial charge in [-0.1, -0.05) is 23.9 Å². The summed E-state index contributed by atoms with van der Waals surface area (Å²) in [4.78, 5) is 7.23. The Bertz CT molecular complexity index is 827. The second-order valence-electron chi connectivity index (χ2n) is 6.66. The highest BCUT2D eigenvalue weighted by Gasteiger charge is 2.23. The molecule has 0 aliphatic carbocycles. The van der Waals surface area contributed by atoms with Gasteiger partial charge in [0.2, 0.25) is 0 Å². The van der Waals surface area contributed by atoms with E-state index in [1.807, 2.05) is 12.1 Å². The summed E-state index contributed by atoms with van der Waals surface area (Å²) in [6, 6.07) is 16.7. The van der Waals surface area contributed by atoms with Crippen LogP contribution in [0.4, 0.5) is 11.4 Å². The molecule has 0 spiro atoms. The van der Waals surface area contributed by atoms with E-state index in [1.165, 1.54) is 20.5 Å². The van der Waals surface area contributed by atoms with Gasteiger partial charge >= 0.3 is 0 Å². The van der Waals surface area contributed by atoms with Crippen LogP contribution in [-0.4, -0.2) is 54.4 Å². The SMILES string of the molecule is N#Cc1ccc2c(c1)N(CCCN1CCN(O)CC1)c1ccccc1S2. The third-order valence-electron chi connectivity index (χ3n) is 4.96. The number of para-hydroxylation sites is 1. The van der Waals surface area contributed by atoms with Gasteiger partial charge in [-0.2, -0.15) is 10.3 Å². The Labute approximate surface area is 158 Å². The number of nitrogens with zero attached hydrogens (tertiary/aromatic N) is 4. The molecule has 2 aliphatic heterocycles. The molecular formula is C20H22N4OS. The molecule has 2 aliphatic rings. The molecule has 2 aromatic carbocycles. The maximum atomic E-state index is 9.49. The third kappa shape index (κ3) is 3.57. The lowest BCUT2D eigenvalue weighted by Gasteiger charge is -2.34. The van der Waals surface area contributed by atoms with Crippen molar-refractivity contribution >= 4 is 23.1 Å². The molecule has 0 amide bonds. The van der Waals surface area contributed by atoms with Crippen molar-refractivity contribution in [2.45, 2.75) is 16.2 Å². The topological polar surface area (TPSA) is 53.7 Å². The normalized spacial score (nSPS) is 17.5. The number of hydrogen-bond acceptors (Lipinski definition) is 6. The zero-order valence-corrected chi connectivity index (χ0v) is 15.5. The van der Waals surface area contributed by atoms with Crippen molar-refractivity contribution in [2.24, 2.45) is 0 Å². The minimum atomic E-state index is 0.702. The van der Waals surface area contributed by atoms with E-state index in [4.69, 9.17) is 0 Å². The Morgan fingerprint density at radius 3 is 2.54 bits per heavy atom. The third-order valence-corrected chi connectivity index (χ3v) is 6.09. The van der Waals surface area contributed by atoms with Crippen LogP contribution in [0.15, 0.2) is 52.3 Å². The largest absolute Gasteiger partial charge is 0.340 e. The fourth-order valence-corrected chi connectivity index (χ4v) is 4.63. The number of piperazine rings is 1. The Balaban J connectivity index is 1.52. The molecule has 0 unspecified atom stereocenters. The molecular weight excluding hydrogens is 344 g/mol. The molecule has 0 bridgehead atoms. The van der Waals surface area contributed by atoms with Crippen molar-refractivity contribution in [3.05, 3.63) is 48.0 Å². The summed E-state index contributed by atoms with van der Waals surface area (Å²) in [5, 5.41) is 20.2. The number of benzene rings is 2. The van der Waals surface area contributed by atoms with Crippen LogP contribution < -0.4 is 4.90 Å². The molecule has 1 saturated heterocycles. The summed E-state index contributed by atoms with van der Waals surface area (Å²) in [5.74, 6) is 0. The van der Waals surface area contributed by atoms with Gasteiger partial charge in [0.15, 0.2) is 0 Å². The Morgan fingerprint density at radius 1 is 0.962 bits per heavy atom. The molecule has 0 atom stereocenters. The van der Waals surface area contributed by atoms with Gasteiger partial charge < -0.3 is 15.0 Å². The predicted octanol–water partition coefficient (Wildman–Crippen LogP) is 3.56. The summed E-state index contributed by atoms with van der Waals surface area (Å²) in [5.41, 5.74) is 3.06. The van der Waals surface area contributed by atoms with Gasteiger partial charge in [-0.05, 0) is 43.3 Å². The Morgan fingerprint density at radius 2 is 1.73 bits per heavy atom. The van der Waals surface area contributed by atoms with Gasteiger partial charge in [0, 0.05) is 42.5 Å². The second-order valence-corrected chi connectivity index (χ2v) is 7.75. The number of nitriles is 1. The molecule has 5 nitrogen and oxygen atoms in total. The quantitative estimate of drug-likeness (QED) is 0.893. The van der Waals surface area contributed by atoms with Gasteiger partial charge in [-0.15, -0.1) is 0 Å². The lowest BCUT2D eigenvalue weighted by Crippen LogP contribution is -2.45. The first-order valence-electron chi connectivity index (χ1n) is 8.99. The maximum absolute atomic E-state index is 9.49. The zero-order chi connectivity index (χ0) is 17.9. The summed E-state index contributed by atoms with van der Waals surface area (Å²) >= 11 is 1.77. The van der Waals surface area contributed by atoms with E-state index in [9.17, 15) is 10.5 Å². The van der Waals surface area contributed by atoms with Crippen molar-refractivity contribution < 1.29 is 5.21 Å². The predicted molar refractivity (Wildman–Crippen MR) is 103 cm³/mol. The van der Waals surface area contributed by atoms with Gasteiger partial charge in [-0.25, -0.2) is 0 Å². The summed E-state index contributed by atoms with van der Waals surface area (Å²) in [7, 11) is 0. The van der Waals surface area contributed by atoms with Crippen LogP contribution in [0.3, 0.4) is 0 Å².